The highest BCUT2D eigenvalue weighted by molar-refractivity contribution is 4.97. The fourth-order valence-electron chi connectivity index (χ4n) is 4.65. The minimum Gasteiger partial charge on any atom is -0.394 e. The number of hydrogen-bond donors (Lipinski definition) is 2. The van der Waals surface area contributed by atoms with E-state index in [0.29, 0.717) is 12.1 Å². The Morgan fingerprint density at radius 3 is 2.65 bits per heavy atom. The summed E-state index contributed by atoms with van der Waals surface area (Å²) in [4.78, 5) is 2.76. The molecule has 3 rings (SSSR count). The molecule has 116 valence electrons. The smallest absolute Gasteiger partial charge is 0.0611 e. The minimum atomic E-state index is -0.0899. The zero-order valence-corrected chi connectivity index (χ0v) is 13.3. The molecule has 4 unspecified atom stereocenters. The van der Waals surface area contributed by atoms with Crippen molar-refractivity contribution in [2.75, 3.05) is 13.2 Å². The maximum absolute atomic E-state index is 9.81. The molecule has 2 aliphatic carbocycles. The summed E-state index contributed by atoms with van der Waals surface area (Å²) >= 11 is 0. The molecule has 3 fully saturated rings. The van der Waals surface area contributed by atoms with Gasteiger partial charge in [-0.3, -0.25) is 4.90 Å². The van der Waals surface area contributed by atoms with Crippen molar-refractivity contribution in [1.29, 1.82) is 0 Å². The van der Waals surface area contributed by atoms with Crippen LogP contribution in [0.15, 0.2) is 0 Å². The molecule has 3 nitrogen and oxygen atoms in total. The van der Waals surface area contributed by atoms with E-state index in [1.54, 1.807) is 0 Å². The molecule has 3 heteroatoms. The average Bonchev–Trinajstić information content (AvgIpc) is 3.14. The van der Waals surface area contributed by atoms with E-state index >= 15 is 0 Å². The van der Waals surface area contributed by atoms with Gasteiger partial charge in [-0.15, -0.1) is 0 Å². The summed E-state index contributed by atoms with van der Waals surface area (Å²) in [5.74, 6) is 0.961. The zero-order valence-electron chi connectivity index (χ0n) is 13.3. The van der Waals surface area contributed by atoms with E-state index in [0.717, 1.165) is 18.4 Å². The lowest BCUT2D eigenvalue weighted by molar-refractivity contribution is 0.0891. The van der Waals surface area contributed by atoms with Crippen LogP contribution in [0, 0.1) is 5.92 Å². The molecular weight excluding hydrogens is 248 g/mol. The third-order valence-electron chi connectivity index (χ3n) is 5.84. The Morgan fingerprint density at radius 2 is 1.95 bits per heavy atom. The SMILES string of the molecule is CC(CC(C)(CO)NC1CC1)N1CCC2CCCCC21. The molecule has 2 saturated carbocycles. The van der Waals surface area contributed by atoms with E-state index in [9.17, 15) is 5.11 Å². The molecule has 1 heterocycles. The quantitative estimate of drug-likeness (QED) is 0.785. The Bertz CT molecular complexity index is 331. The topological polar surface area (TPSA) is 35.5 Å². The van der Waals surface area contributed by atoms with E-state index in [4.69, 9.17) is 0 Å². The summed E-state index contributed by atoms with van der Waals surface area (Å²) in [6.07, 6.45) is 10.8. The van der Waals surface area contributed by atoms with Crippen molar-refractivity contribution in [1.82, 2.24) is 10.2 Å². The fourth-order valence-corrected chi connectivity index (χ4v) is 4.65. The number of rotatable bonds is 6. The van der Waals surface area contributed by atoms with Gasteiger partial charge >= 0.3 is 0 Å². The van der Waals surface area contributed by atoms with Crippen molar-refractivity contribution < 1.29 is 5.11 Å². The molecule has 0 spiro atoms. The van der Waals surface area contributed by atoms with Crippen molar-refractivity contribution >= 4 is 0 Å². The lowest BCUT2D eigenvalue weighted by Crippen LogP contribution is -2.52. The summed E-state index contributed by atoms with van der Waals surface area (Å²) in [5, 5.41) is 13.5. The van der Waals surface area contributed by atoms with Crippen LogP contribution >= 0.6 is 0 Å². The summed E-state index contributed by atoms with van der Waals surface area (Å²) in [6.45, 7) is 6.12. The van der Waals surface area contributed by atoms with E-state index in [2.05, 4.69) is 24.1 Å². The predicted molar refractivity (Wildman–Crippen MR) is 82.8 cm³/mol. The molecule has 0 aromatic carbocycles. The number of likely N-dealkylation sites (tertiary alicyclic amines) is 1. The Balaban J connectivity index is 1.58. The fraction of sp³-hybridized carbons (Fsp3) is 1.00. The van der Waals surface area contributed by atoms with Crippen LogP contribution in [0.1, 0.15) is 65.2 Å². The first kappa shape index (κ1) is 14.8. The van der Waals surface area contributed by atoms with Crippen molar-refractivity contribution in [3.63, 3.8) is 0 Å². The van der Waals surface area contributed by atoms with Crippen molar-refractivity contribution in [2.24, 2.45) is 5.92 Å². The molecule has 0 aromatic rings. The van der Waals surface area contributed by atoms with Crippen molar-refractivity contribution in [2.45, 2.75) is 88.9 Å². The zero-order chi connectivity index (χ0) is 14.2. The Hall–Kier alpha value is -0.120. The van der Waals surface area contributed by atoms with Gasteiger partial charge in [0.25, 0.3) is 0 Å². The molecule has 0 bridgehead atoms. The molecule has 20 heavy (non-hydrogen) atoms. The van der Waals surface area contributed by atoms with Crippen LogP contribution in [0.4, 0.5) is 0 Å². The summed E-state index contributed by atoms with van der Waals surface area (Å²) < 4.78 is 0. The van der Waals surface area contributed by atoms with Crippen LogP contribution in [0.2, 0.25) is 0 Å². The van der Waals surface area contributed by atoms with Gasteiger partial charge in [0, 0.05) is 23.7 Å². The summed E-state index contributed by atoms with van der Waals surface area (Å²) in [5.41, 5.74) is -0.0899. The van der Waals surface area contributed by atoms with Crippen LogP contribution < -0.4 is 5.32 Å². The third-order valence-corrected chi connectivity index (χ3v) is 5.84. The largest absolute Gasteiger partial charge is 0.394 e. The predicted octanol–water partition coefficient (Wildman–Crippen LogP) is 2.53. The molecule has 0 radical (unpaired) electrons. The van der Waals surface area contributed by atoms with Gasteiger partial charge in [-0.05, 0) is 64.8 Å². The third kappa shape index (κ3) is 3.20. The lowest BCUT2D eigenvalue weighted by atomic mass is 9.84. The second-order valence-corrected chi connectivity index (χ2v) is 7.83. The van der Waals surface area contributed by atoms with E-state index in [1.807, 2.05) is 0 Å². The second-order valence-electron chi connectivity index (χ2n) is 7.83. The molecule has 1 saturated heterocycles. The maximum Gasteiger partial charge on any atom is 0.0611 e. The maximum atomic E-state index is 9.81. The first-order chi connectivity index (χ1) is 9.61. The first-order valence-electron chi connectivity index (χ1n) is 8.75. The van der Waals surface area contributed by atoms with Gasteiger partial charge in [0.15, 0.2) is 0 Å². The highest BCUT2D eigenvalue weighted by Crippen LogP contribution is 2.38. The van der Waals surface area contributed by atoms with E-state index in [1.165, 1.54) is 51.5 Å². The standard InChI is InChI=1S/C17H32N2O/c1-13(11-17(2,12-20)18-15-7-8-15)19-10-9-14-5-3-4-6-16(14)19/h13-16,18,20H,3-12H2,1-2H3. The molecule has 0 amide bonds. The number of hydrogen-bond acceptors (Lipinski definition) is 3. The monoisotopic (exact) mass is 280 g/mol. The number of nitrogens with zero attached hydrogens (tertiary/aromatic N) is 1. The van der Waals surface area contributed by atoms with Crippen LogP contribution in [-0.4, -0.2) is 46.8 Å². The number of nitrogens with one attached hydrogen (secondary N) is 1. The van der Waals surface area contributed by atoms with Gasteiger partial charge < -0.3 is 10.4 Å². The molecule has 0 aromatic heterocycles. The summed E-state index contributed by atoms with van der Waals surface area (Å²) in [6, 6.07) is 2.09. The first-order valence-corrected chi connectivity index (χ1v) is 8.75. The van der Waals surface area contributed by atoms with Crippen LogP contribution in [0.25, 0.3) is 0 Å². The van der Waals surface area contributed by atoms with Gasteiger partial charge in [-0.2, -0.15) is 0 Å². The highest BCUT2D eigenvalue weighted by atomic mass is 16.3. The highest BCUT2D eigenvalue weighted by Gasteiger charge is 2.40. The molecular formula is C17H32N2O. The second kappa shape index (κ2) is 5.94. The molecule has 3 aliphatic rings. The van der Waals surface area contributed by atoms with Crippen molar-refractivity contribution in [3.8, 4) is 0 Å². The molecule has 2 N–H and O–H groups in total. The van der Waals surface area contributed by atoms with Gasteiger partial charge in [-0.25, -0.2) is 0 Å². The van der Waals surface area contributed by atoms with Gasteiger partial charge in [0.2, 0.25) is 0 Å². The average molecular weight is 280 g/mol. The van der Waals surface area contributed by atoms with Crippen LogP contribution in [-0.2, 0) is 0 Å². The molecule has 4 atom stereocenters. The lowest BCUT2D eigenvalue weighted by Gasteiger charge is -2.40. The number of fused-ring (bicyclic) bond motifs is 1. The number of aliphatic hydroxyl groups is 1. The van der Waals surface area contributed by atoms with Crippen LogP contribution in [0.5, 0.6) is 0 Å². The van der Waals surface area contributed by atoms with E-state index < -0.39 is 0 Å². The number of aliphatic hydroxyl groups excluding tert-OH is 1. The summed E-state index contributed by atoms with van der Waals surface area (Å²) in [7, 11) is 0. The van der Waals surface area contributed by atoms with Gasteiger partial charge in [0.05, 0.1) is 6.61 Å². The Labute approximate surface area is 124 Å². The minimum absolute atomic E-state index is 0.0899. The Kier molecular flexibility index (Phi) is 4.40. The van der Waals surface area contributed by atoms with Crippen molar-refractivity contribution in [3.05, 3.63) is 0 Å². The van der Waals surface area contributed by atoms with Gasteiger partial charge in [-0.1, -0.05) is 12.8 Å². The van der Waals surface area contributed by atoms with Crippen LogP contribution in [0.3, 0.4) is 0 Å². The van der Waals surface area contributed by atoms with Gasteiger partial charge in [0.1, 0.15) is 0 Å². The Morgan fingerprint density at radius 1 is 1.20 bits per heavy atom. The molecule has 1 aliphatic heterocycles. The normalized spacial score (nSPS) is 35.5. The van der Waals surface area contributed by atoms with E-state index in [-0.39, 0.29) is 12.1 Å².